The molecule has 127 valence electrons. The van der Waals surface area contributed by atoms with Gasteiger partial charge in [0.05, 0.1) is 19.4 Å². The summed E-state index contributed by atoms with van der Waals surface area (Å²) < 4.78 is 10.4. The van der Waals surface area contributed by atoms with Crippen LogP contribution < -0.4 is 10.5 Å². The maximum absolute atomic E-state index is 12.4. The first kappa shape index (κ1) is 17.3. The molecule has 1 aliphatic carbocycles. The minimum absolute atomic E-state index is 0.156. The van der Waals surface area contributed by atoms with E-state index in [0.29, 0.717) is 11.3 Å². The zero-order valence-corrected chi connectivity index (χ0v) is 14.2. The third-order valence-electron chi connectivity index (χ3n) is 3.89. The molecule has 0 atom stereocenters. The lowest BCUT2D eigenvalue weighted by molar-refractivity contribution is 0.0528. The van der Waals surface area contributed by atoms with Crippen LogP contribution in [0.2, 0.25) is 0 Å². The Morgan fingerprint density at radius 1 is 1.16 bits per heavy atom. The van der Waals surface area contributed by atoms with Gasteiger partial charge in [-0.05, 0) is 56.4 Å². The van der Waals surface area contributed by atoms with Crippen LogP contribution in [0.25, 0.3) is 11.1 Å². The van der Waals surface area contributed by atoms with E-state index in [1.807, 2.05) is 56.0 Å². The highest BCUT2D eigenvalue weighted by Crippen LogP contribution is 2.35. The number of benzene rings is 1. The van der Waals surface area contributed by atoms with Crippen molar-refractivity contribution in [1.82, 2.24) is 4.98 Å². The molecule has 1 aromatic carbocycles. The molecule has 0 amide bonds. The Balaban J connectivity index is 2.11. The molecule has 1 fully saturated rings. The second-order valence-electron chi connectivity index (χ2n) is 5.44. The zero-order chi connectivity index (χ0) is 17.8. The van der Waals surface area contributed by atoms with E-state index in [-0.39, 0.29) is 18.0 Å². The van der Waals surface area contributed by atoms with Gasteiger partial charge in [-0.3, -0.25) is 0 Å². The van der Waals surface area contributed by atoms with Gasteiger partial charge in [0.1, 0.15) is 17.1 Å². The lowest BCUT2D eigenvalue weighted by atomic mass is 9.95. The molecule has 0 saturated heterocycles. The molecule has 0 unspecified atom stereocenters. The van der Waals surface area contributed by atoms with E-state index in [2.05, 4.69) is 4.98 Å². The van der Waals surface area contributed by atoms with E-state index in [1.165, 1.54) is 0 Å². The minimum Gasteiger partial charge on any atom is -0.497 e. The third kappa shape index (κ3) is 3.60. The van der Waals surface area contributed by atoms with Crippen LogP contribution >= 0.6 is 0 Å². The first-order valence-corrected chi connectivity index (χ1v) is 7.98. The molecular weight excluding hydrogens is 316 g/mol. The summed E-state index contributed by atoms with van der Waals surface area (Å²) in [6.45, 7) is 2.03. The van der Waals surface area contributed by atoms with Crippen molar-refractivity contribution in [3.05, 3.63) is 73.2 Å². The number of nitrogens with zero attached hydrogens (tertiary/aromatic N) is 1. The lowest BCUT2D eigenvalue weighted by Gasteiger charge is -2.16. The van der Waals surface area contributed by atoms with E-state index in [0.717, 1.165) is 17.2 Å². The van der Waals surface area contributed by atoms with Crippen LogP contribution in [0.15, 0.2) is 30.3 Å². The average Bonchev–Trinajstić information content (AvgIpc) is 3.16. The summed E-state index contributed by atoms with van der Waals surface area (Å²) in [5, 5.41) is 0. The molecule has 5 nitrogen and oxygen atoms in total. The maximum Gasteiger partial charge on any atom is 0.342 e. The molecule has 0 bridgehead atoms. The summed E-state index contributed by atoms with van der Waals surface area (Å²) in [6, 6.07) is 9.29. The molecule has 5 radical (unpaired) electrons. The molecule has 0 aliphatic heterocycles. The molecule has 1 aliphatic rings. The molecule has 1 aromatic heterocycles. The second-order valence-corrected chi connectivity index (χ2v) is 5.44. The van der Waals surface area contributed by atoms with Crippen molar-refractivity contribution in [2.45, 2.75) is 6.92 Å². The van der Waals surface area contributed by atoms with Crippen molar-refractivity contribution in [1.29, 1.82) is 0 Å². The van der Waals surface area contributed by atoms with Gasteiger partial charge >= 0.3 is 5.97 Å². The molecule has 3 rings (SSSR count). The zero-order valence-electron chi connectivity index (χ0n) is 14.2. The number of hydrogen-bond acceptors (Lipinski definition) is 5. The topological polar surface area (TPSA) is 74.4 Å². The van der Waals surface area contributed by atoms with Gasteiger partial charge < -0.3 is 15.2 Å². The van der Waals surface area contributed by atoms with Gasteiger partial charge in [-0.2, -0.15) is 0 Å². The van der Waals surface area contributed by atoms with Gasteiger partial charge in [-0.15, -0.1) is 0 Å². The fraction of sp³-hybridized carbons (Fsp3) is 0.150. The van der Waals surface area contributed by atoms with Crippen molar-refractivity contribution in [3.63, 3.8) is 0 Å². The quantitative estimate of drug-likeness (QED) is 0.849. The molecule has 1 saturated carbocycles. The summed E-state index contributed by atoms with van der Waals surface area (Å²) in [7, 11) is 1.61. The van der Waals surface area contributed by atoms with Crippen LogP contribution in [0.1, 0.15) is 23.0 Å². The summed E-state index contributed by atoms with van der Waals surface area (Å²) >= 11 is 0. The predicted molar refractivity (Wildman–Crippen MR) is 96.1 cm³/mol. The number of carbonyl (C=O) groups excluding carboxylic acids is 1. The Bertz CT molecular complexity index is 750. The van der Waals surface area contributed by atoms with Gasteiger partial charge in [0, 0.05) is 11.5 Å². The first-order chi connectivity index (χ1) is 12.1. The monoisotopic (exact) mass is 335 g/mol. The number of methoxy groups -OCH3 is 1. The fourth-order valence-corrected chi connectivity index (χ4v) is 2.67. The van der Waals surface area contributed by atoms with Crippen molar-refractivity contribution in [3.8, 4) is 16.9 Å². The Morgan fingerprint density at radius 2 is 1.84 bits per heavy atom. The predicted octanol–water partition coefficient (Wildman–Crippen LogP) is 3.27. The lowest BCUT2D eigenvalue weighted by Crippen LogP contribution is -2.13. The maximum atomic E-state index is 12.4. The number of hydrogen-bond donors (Lipinski definition) is 1. The number of ether oxygens (including phenoxy) is 2. The average molecular weight is 335 g/mol. The number of carbonyl (C=O) groups is 1. The van der Waals surface area contributed by atoms with E-state index < -0.39 is 5.97 Å². The molecule has 0 spiro atoms. The number of rotatable bonds is 5. The van der Waals surface area contributed by atoms with Crippen molar-refractivity contribution in [2.75, 3.05) is 19.5 Å². The number of nitrogens with two attached hydrogens (primary N) is 1. The van der Waals surface area contributed by atoms with Crippen molar-refractivity contribution < 1.29 is 14.3 Å². The van der Waals surface area contributed by atoms with Crippen LogP contribution in [0.3, 0.4) is 0 Å². The Labute approximate surface area is 148 Å². The molecular formula is C20H19N2O3. The second kappa shape index (κ2) is 7.55. The fourth-order valence-electron chi connectivity index (χ4n) is 2.67. The van der Waals surface area contributed by atoms with Gasteiger partial charge in [0.2, 0.25) is 0 Å². The van der Waals surface area contributed by atoms with Gasteiger partial charge in [0.15, 0.2) is 0 Å². The summed E-state index contributed by atoms with van der Waals surface area (Å²) in [4.78, 5) is 16.8. The Morgan fingerprint density at radius 3 is 2.44 bits per heavy atom. The molecule has 2 aromatic rings. The van der Waals surface area contributed by atoms with Crippen molar-refractivity contribution in [2.24, 2.45) is 0 Å². The SMILES string of the molecule is CCOC(=O)c1c(-c2ccc(OC)cc2)cc([C]2[CH][CH][CH][CH]2)nc1N. The van der Waals surface area contributed by atoms with E-state index in [4.69, 9.17) is 15.2 Å². The molecule has 1 heterocycles. The van der Waals surface area contributed by atoms with E-state index in [9.17, 15) is 4.79 Å². The van der Waals surface area contributed by atoms with Crippen molar-refractivity contribution >= 4 is 11.8 Å². The van der Waals surface area contributed by atoms with Gasteiger partial charge in [0.25, 0.3) is 0 Å². The highest BCUT2D eigenvalue weighted by Gasteiger charge is 2.25. The standard InChI is InChI=1S/C20H19N2O3/c1-3-25-20(23)18-16(13-8-10-15(24-2)11-9-13)12-17(22-19(18)21)14-6-4-5-7-14/h4-12H,3H2,1-2H3,(H2,21,22). The molecule has 2 N–H and O–H groups in total. The number of pyridine rings is 1. The van der Waals surface area contributed by atoms with Crippen LogP contribution in [-0.4, -0.2) is 24.7 Å². The molecule has 25 heavy (non-hydrogen) atoms. The number of anilines is 1. The Hall–Kier alpha value is -2.56. The van der Waals surface area contributed by atoms with Crippen LogP contribution in [-0.2, 0) is 4.74 Å². The Kier molecular flexibility index (Phi) is 5.22. The number of esters is 1. The largest absolute Gasteiger partial charge is 0.497 e. The number of aromatic nitrogens is 1. The minimum atomic E-state index is -0.479. The number of nitrogen functional groups attached to an aromatic ring is 1. The van der Waals surface area contributed by atoms with E-state index in [1.54, 1.807) is 14.0 Å². The molecule has 5 heteroatoms. The smallest absolute Gasteiger partial charge is 0.342 e. The third-order valence-corrected chi connectivity index (χ3v) is 3.89. The normalized spacial score (nSPS) is 14.5. The van der Waals surface area contributed by atoms with Gasteiger partial charge in [-0.1, -0.05) is 12.1 Å². The van der Waals surface area contributed by atoms with Gasteiger partial charge in [-0.25, -0.2) is 9.78 Å². The highest BCUT2D eigenvalue weighted by molar-refractivity contribution is 6.01. The summed E-state index contributed by atoms with van der Waals surface area (Å²) in [5.41, 5.74) is 8.63. The van der Waals surface area contributed by atoms with E-state index >= 15 is 0 Å². The first-order valence-electron chi connectivity index (χ1n) is 7.98. The van der Waals surface area contributed by atoms with Crippen LogP contribution in [0.5, 0.6) is 5.75 Å². The van der Waals surface area contributed by atoms with Crippen LogP contribution in [0, 0.1) is 31.6 Å². The summed E-state index contributed by atoms with van der Waals surface area (Å²) in [5.74, 6) is 1.35. The summed E-state index contributed by atoms with van der Waals surface area (Å²) in [6.07, 6.45) is 7.76. The van der Waals surface area contributed by atoms with Crippen LogP contribution in [0.4, 0.5) is 5.82 Å². The highest BCUT2D eigenvalue weighted by atomic mass is 16.5.